The number of aromatic nitrogens is 1. The normalized spacial score (nSPS) is 11.6. The number of rotatable bonds is 9. The monoisotopic (exact) mass is 340 g/mol. The van der Waals surface area contributed by atoms with E-state index < -0.39 is 0 Å². The fourth-order valence-corrected chi connectivity index (χ4v) is 2.67. The average Bonchev–Trinajstić information content (AvgIpc) is 2.42. The second-order valence-electron chi connectivity index (χ2n) is 4.29. The Labute approximate surface area is 139 Å². The van der Waals surface area contributed by atoms with Crippen molar-refractivity contribution in [2.45, 2.75) is 26.4 Å². The number of halogens is 2. The van der Waals surface area contributed by atoms with Crippen LogP contribution in [0, 0.1) is 0 Å². The number of hydrogen-bond donors (Lipinski definition) is 1. The second kappa shape index (κ2) is 14.0. The third-order valence-corrected chi connectivity index (χ3v) is 4.02. The van der Waals surface area contributed by atoms with Gasteiger partial charge in [-0.1, -0.05) is 19.9 Å². The van der Waals surface area contributed by atoms with E-state index in [1.807, 2.05) is 24.4 Å². The summed E-state index contributed by atoms with van der Waals surface area (Å²) in [7, 11) is 0. The fraction of sp³-hybridized carbons (Fsp3) is 0.643. The Morgan fingerprint density at radius 1 is 1.25 bits per heavy atom. The number of pyridine rings is 1. The molecule has 0 aliphatic heterocycles. The van der Waals surface area contributed by atoms with Crippen molar-refractivity contribution in [3.8, 4) is 0 Å². The lowest BCUT2D eigenvalue weighted by Crippen LogP contribution is -2.33. The molecule has 0 saturated heterocycles. The van der Waals surface area contributed by atoms with Crippen molar-refractivity contribution in [1.29, 1.82) is 0 Å². The van der Waals surface area contributed by atoms with Gasteiger partial charge in [0, 0.05) is 24.2 Å². The van der Waals surface area contributed by atoms with Crippen LogP contribution >= 0.6 is 36.6 Å². The third-order valence-electron chi connectivity index (χ3n) is 2.90. The smallest absolute Gasteiger partial charge is 0.0757 e. The van der Waals surface area contributed by atoms with E-state index in [-0.39, 0.29) is 30.9 Å². The maximum Gasteiger partial charge on any atom is 0.0757 e. The Bertz CT molecular complexity index is 313. The van der Waals surface area contributed by atoms with Crippen LogP contribution in [-0.4, -0.2) is 52.2 Å². The largest absolute Gasteiger partial charge is 0.391 e. The van der Waals surface area contributed by atoms with Gasteiger partial charge in [-0.2, -0.15) is 11.8 Å². The standard InChI is InChI=1S/C14H24N2OS.2ClH/c1-3-16(4-2)11-14(17)12-18-10-8-13-7-5-6-9-15-13;;/h5-7,9,14,17H,3-4,8,10-12H2,1-2H3;2*1H. The lowest BCUT2D eigenvalue weighted by molar-refractivity contribution is 0.137. The number of aliphatic hydroxyl groups excluding tert-OH is 1. The first kappa shape index (κ1) is 22.3. The molecule has 0 amide bonds. The summed E-state index contributed by atoms with van der Waals surface area (Å²) in [6, 6.07) is 6.00. The van der Waals surface area contributed by atoms with Gasteiger partial charge in [0.15, 0.2) is 0 Å². The minimum Gasteiger partial charge on any atom is -0.391 e. The molecular weight excluding hydrogens is 315 g/mol. The van der Waals surface area contributed by atoms with E-state index in [9.17, 15) is 5.11 Å². The maximum atomic E-state index is 9.90. The van der Waals surface area contributed by atoms with Crippen molar-refractivity contribution in [3.05, 3.63) is 30.1 Å². The first-order valence-electron chi connectivity index (χ1n) is 6.64. The van der Waals surface area contributed by atoms with Gasteiger partial charge in [0.2, 0.25) is 0 Å². The SMILES string of the molecule is CCN(CC)CC(O)CSCCc1ccccn1.Cl.Cl. The minimum atomic E-state index is -0.223. The molecule has 3 nitrogen and oxygen atoms in total. The number of aliphatic hydroxyl groups is 1. The Balaban J connectivity index is 0. The topological polar surface area (TPSA) is 36.4 Å². The van der Waals surface area contributed by atoms with E-state index >= 15 is 0 Å². The molecule has 1 rings (SSSR count). The van der Waals surface area contributed by atoms with E-state index in [0.717, 1.165) is 43.3 Å². The molecule has 20 heavy (non-hydrogen) atoms. The second-order valence-corrected chi connectivity index (χ2v) is 5.44. The lowest BCUT2D eigenvalue weighted by atomic mass is 10.3. The molecule has 0 aliphatic rings. The van der Waals surface area contributed by atoms with Gasteiger partial charge in [0.05, 0.1) is 6.10 Å². The molecule has 1 N–H and O–H groups in total. The molecule has 1 heterocycles. The third kappa shape index (κ3) is 9.83. The minimum absolute atomic E-state index is 0. The zero-order chi connectivity index (χ0) is 13.2. The van der Waals surface area contributed by atoms with E-state index in [4.69, 9.17) is 0 Å². The van der Waals surface area contributed by atoms with Crippen molar-refractivity contribution in [1.82, 2.24) is 9.88 Å². The predicted octanol–water partition coefficient (Wildman–Crippen LogP) is 2.90. The summed E-state index contributed by atoms with van der Waals surface area (Å²) in [6.07, 6.45) is 2.58. The van der Waals surface area contributed by atoms with Gasteiger partial charge in [-0.3, -0.25) is 4.98 Å². The van der Waals surface area contributed by atoms with Crippen molar-refractivity contribution in [2.75, 3.05) is 31.1 Å². The quantitative estimate of drug-likeness (QED) is 0.701. The molecule has 0 bridgehead atoms. The highest BCUT2D eigenvalue weighted by Crippen LogP contribution is 2.07. The molecule has 0 aromatic carbocycles. The van der Waals surface area contributed by atoms with Crippen LogP contribution < -0.4 is 0 Å². The van der Waals surface area contributed by atoms with Crippen LogP contribution in [0.1, 0.15) is 19.5 Å². The molecule has 0 saturated carbocycles. The van der Waals surface area contributed by atoms with Crippen molar-refractivity contribution in [2.24, 2.45) is 0 Å². The Hall–Kier alpha value is -0.000000000000000111. The first-order chi connectivity index (χ1) is 8.76. The Kier molecular flexibility index (Phi) is 15.6. The highest BCUT2D eigenvalue weighted by molar-refractivity contribution is 7.99. The molecule has 1 aromatic rings. The van der Waals surface area contributed by atoms with Crippen molar-refractivity contribution < 1.29 is 5.11 Å². The summed E-state index contributed by atoms with van der Waals surface area (Å²) < 4.78 is 0. The van der Waals surface area contributed by atoms with Crippen LogP contribution in [0.25, 0.3) is 0 Å². The van der Waals surface area contributed by atoms with Crippen LogP contribution in [-0.2, 0) is 6.42 Å². The number of thioether (sulfide) groups is 1. The average molecular weight is 341 g/mol. The first-order valence-corrected chi connectivity index (χ1v) is 7.79. The zero-order valence-electron chi connectivity index (χ0n) is 12.2. The van der Waals surface area contributed by atoms with Crippen LogP contribution in [0.2, 0.25) is 0 Å². The molecule has 0 radical (unpaired) electrons. The molecule has 118 valence electrons. The summed E-state index contributed by atoms with van der Waals surface area (Å²) in [5.74, 6) is 1.83. The zero-order valence-corrected chi connectivity index (χ0v) is 14.6. The van der Waals surface area contributed by atoms with Crippen molar-refractivity contribution >= 4 is 36.6 Å². The highest BCUT2D eigenvalue weighted by atomic mass is 35.5. The van der Waals surface area contributed by atoms with Gasteiger partial charge in [-0.15, -0.1) is 24.8 Å². The molecule has 6 heteroatoms. The fourth-order valence-electron chi connectivity index (χ4n) is 1.77. The summed E-state index contributed by atoms with van der Waals surface area (Å²) in [6.45, 7) is 7.05. The summed E-state index contributed by atoms with van der Waals surface area (Å²) in [5.41, 5.74) is 1.13. The van der Waals surface area contributed by atoms with Crippen LogP contribution in [0.5, 0.6) is 0 Å². The van der Waals surface area contributed by atoms with Gasteiger partial charge >= 0.3 is 0 Å². The Morgan fingerprint density at radius 2 is 1.95 bits per heavy atom. The molecule has 0 aliphatic carbocycles. The molecule has 1 aromatic heterocycles. The van der Waals surface area contributed by atoms with Gasteiger partial charge in [0.25, 0.3) is 0 Å². The summed E-state index contributed by atoms with van der Waals surface area (Å²) in [5, 5.41) is 9.90. The number of likely N-dealkylation sites (N-methyl/N-ethyl adjacent to an activating group) is 1. The van der Waals surface area contributed by atoms with E-state index in [0.29, 0.717) is 0 Å². The molecule has 0 spiro atoms. The molecule has 1 unspecified atom stereocenters. The van der Waals surface area contributed by atoms with Gasteiger partial charge in [-0.25, -0.2) is 0 Å². The number of hydrogen-bond acceptors (Lipinski definition) is 4. The maximum absolute atomic E-state index is 9.90. The van der Waals surface area contributed by atoms with Crippen LogP contribution in [0.3, 0.4) is 0 Å². The molecule has 1 atom stereocenters. The predicted molar refractivity (Wildman–Crippen MR) is 93.6 cm³/mol. The highest BCUT2D eigenvalue weighted by Gasteiger charge is 2.08. The lowest BCUT2D eigenvalue weighted by Gasteiger charge is -2.21. The van der Waals surface area contributed by atoms with Gasteiger partial charge in [0.1, 0.15) is 0 Å². The van der Waals surface area contributed by atoms with Gasteiger partial charge in [-0.05, 0) is 37.4 Å². The Morgan fingerprint density at radius 3 is 2.50 bits per heavy atom. The number of aryl methyl sites for hydroxylation is 1. The van der Waals surface area contributed by atoms with Crippen LogP contribution in [0.15, 0.2) is 24.4 Å². The van der Waals surface area contributed by atoms with E-state index in [2.05, 4.69) is 23.7 Å². The molecular formula is C14H26Cl2N2OS. The number of nitrogens with zero attached hydrogens (tertiary/aromatic N) is 2. The van der Waals surface area contributed by atoms with Gasteiger partial charge < -0.3 is 10.0 Å². The summed E-state index contributed by atoms with van der Waals surface area (Å²) in [4.78, 5) is 6.54. The van der Waals surface area contributed by atoms with Crippen molar-refractivity contribution in [3.63, 3.8) is 0 Å². The van der Waals surface area contributed by atoms with Crippen LogP contribution in [0.4, 0.5) is 0 Å². The van der Waals surface area contributed by atoms with E-state index in [1.165, 1.54) is 0 Å². The molecule has 0 fully saturated rings. The van der Waals surface area contributed by atoms with E-state index in [1.54, 1.807) is 11.8 Å². The summed E-state index contributed by atoms with van der Waals surface area (Å²) >= 11 is 1.80.